The number of aryl methyl sites for hydroxylation is 1. The molecular formula is C27H27NO6. The molecule has 1 aliphatic rings. The Morgan fingerprint density at radius 1 is 1.00 bits per heavy atom. The summed E-state index contributed by atoms with van der Waals surface area (Å²) in [5, 5.41) is 11.3. The zero-order chi connectivity index (χ0) is 24.6. The fourth-order valence-corrected chi connectivity index (χ4v) is 4.20. The van der Waals surface area contributed by atoms with E-state index < -0.39 is 17.7 Å². The maximum absolute atomic E-state index is 13.3. The number of benzene rings is 2. The number of carbonyl (C=O) groups excluding carboxylic acids is 2. The number of ether oxygens (including phenoxy) is 2. The molecular weight excluding hydrogens is 434 g/mol. The summed E-state index contributed by atoms with van der Waals surface area (Å²) in [6.45, 7) is 5.80. The minimum absolute atomic E-state index is 0.0324. The van der Waals surface area contributed by atoms with Crippen molar-refractivity contribution < 1.29 is 28.6 Å². The second-order valence-electron chi connectivity index (χ2n) is 8.43. The van der Waals surface area contributed by atoms with Crippen LogP contribution in [0.4, 0.5) is 5.69 Å². The molecule has 0 saturated carbocycles. The number of aliphatic hydroxyl groups is 1. The molecule has 7 nitrogen and oxygen atoms in total. The summed E-state index contributed by atoms with van der Waals surface area (Å²) in [5.41, 5.74) is 1.75. The number of rotatable bonds is 6. The fraction of sp³-hybridized carbons (Fsp3) is 0.259. The van der Waals surface area contributed by atoms with Crippen LogP contribution in [0.15, 0.2) is 64.6 Å². The zero-order valence-corrected chi connectivity index (χ0v) is 19.8. The van der Waals surface area contributed by atoms with Gasteiger partial charge in [0.25, 0.3) is 11.7 Å². The van der Waals surface area contributed by atoms with Gasteiger partial charge in [-0.05, 0) is 73.0 Å². The average molecular weight is 462 g/mol. The van der Waals surface area contributed by atoms with Crippen LogP contribution < -0.4 is 14.4 Å². The predicted molar refractivity (Wildman–Crippen MR) is 128 cm³/mol. The summed E-state index contributed by atoms with van der Waals surface area (Å²) in [7, 11) is 3.13. The highest BCUT2D eigenvalue weighted by molar-refractivity contribution is 6.51. The van der Waals surface area contributed by atoms with Gasteiger partial charge in [0.05, 0.1) is 19.8 Å². The van der Waals surface area contributed by atoms with E-state index in [1.54, 1.807) is 75.7 Å². The number of ketones is 1. The van der Waals surface area contributed by atoms with Crippen molar-refractivity contribution in [3.05, 3.63) is 82.8 Å². The number of hydrogen-bond acceptors (Lipinski definition) is 6. The average Bonchev–Trinajstić information content (AvgIpc) is 3.38. The van der Waals surface area contributed by atoms with E-state index in [9.17, 15) is 14.7 Å². The number of amides is 1. The first kappa shape index (κ1) is 23.2. The number of anilines is 1. The molecule has 0 bridgehead atoms. The molecule has 1 unspecified atom stereocenters. The minimum Gasteiger partial charge on any atom is -0.507 e. The standard InChI is InChI=1S/C27H27NO6/c1-15(2)20-14-17(7-13-21(20)33-5)25(29)23-24(22-12-6-16(3)34-22)28(27(31)26(23)30)18-8-10-19(32-4)11-9-18/h6-15,24,29H,1-5H3/b25-23-. The van der Waals surface area contributed by atoms with Gasteiger partial charge in [-0.2, -0.15) is 0 Å². The molecule has 0 aliphatic carbocycles. The molecule has 2 heterocycles. The first-order chi connectivity index (χ1) is 16.3. The monoisotopic (exact) mass is 461 g/mol. The van der Waals surface area contributed by atoms with Crippen LogP contribution in [-0.4, -0.2) is 31.0 Å². The van der Waals surface area contributed by atoms with Gasteiger partial charge in [-0.3, -0.25) is 14.5 Å². The van der Waals surface area contributed by atoms with Crippen molar-refractivity contribution in [2.45, 2.75) is 32.7 Å². The van der Waals surface area contributed by atoms with Gasteiger partial charge in [0.1, 0.15) is 34.8 Å². The highest BCUT2D eigenvalue weighted by Crippen LogP contribution is 2.43. The second-order valence-corrected chi connectivity index (χ2v) is 8.43. The maximum Gasteiger partial charge on any atom is 0.300 e. The van der Waals surface area contributed by atoms with Crippen LogP contribution >= 0.6 is 0 Å². The van der Waals surface area contributed by atoms with Crippen molar-refractivity contribution in [2.75, 3.05) is 19.1 Å². The molecule has 3 aromatic rings. The molecule has 1 aromatic heterocycles. The Hall–Kier alpha value is -4.00. The van der Waals surface area contributed by atoms with Gasteiger partial charge in [0, 0.05) is 11.3 Å². The van der Waals surface area contributed by atoms with Crippen molar-refractivity contribution >= 4 is 23.1 Å². The first-order valence-corrected chi connectivity index (χ1v) is 11.0. The van der Waals surface area contributed by atoms with Gasteiger partial charge in [-0.25, -0.2) is 0 Å². The quantitative estimate of drug-likeness (QED) is 0.302. The summed E-state index contributed by atoms with van der Waals surface area (Å²) in [6, 6.07) is 14.5. The lowest BCUT2D eigenvalue weighted by molar-refractivity contribution is -0.132. The maximum atomic E-state index is 13.3. The zero-order valence-electron chi connectivity index (χ0n) is 19.8. The van der Waals surface area contributed by atoms with E-state index in [1.165, 1.54) is 4.90 Å². The Morgan fingerprint density at radius 3 is 2.26 bits per heavy atom. The second kappa shape index (κ2) is 9.09. The third kappa shape index (κ3) is 3.94. The van der Waals surface area contributed by atoms with Gasteiger partial charge in [-0.1, -0.05) is 13.8 Å². The molecule has 4 rings (SSSR count). The lowest BCUT2D eigenvalue weighted by Crippen LogP contribution is -2.29. The molecule has 0 radical (unpaired) electrons. The number of methoxy groups -OCH3 is 2. The van der Waals surface area contributed by atoms with Crippen molar-refractivity contribution in [2.24, 2.45) is 0 Å². The van der Waals surface area contributed by atoms with E-state index in [1.807, 2.05) is 13.8 Å². The van der Waals surface area contributed by atoms with Crippen molar-refractivity contribution in [1.29, 1.82) is 0 Å². The van der Waals surface area contributed by atoms with E-state index in [0.717, 1.165) is 5.56 Å². The number of furan rings is 1. The molecule has 1 N–H and O–H groups in total. The SMILES string of the molecule is COc1ccc(N2C(=O)C(=O)/C(=C(\O)c3ccc(OC)c(C(C)C)c3)C2c2ccc(C)o2)cc1. The molecule has 34 heavy (non-hydrogen) atoms. The highest BCUT2D eigenvalue weighted by atomic mass is 16.5. The summed E-state index contributed by atoms with van der Waals surface area (Å²) >= 11 is 0. The molecule has 7 heteroatoms. The summed E-state index contributed by atoms with van der Waals surface area (Å²) < 4.78 is 16.5. The Labute approximate surface area is 198 Å². The van der Waals surface area contributed by atoms with Gasteiger partial charge in [0.15, 0.2) is 0 Å². The number of nitrogens with zero attached hydrogens (tertiary/aromatic N) is 1. The molecule has 1 fully saturated rings. The third-order valence-electron chi connectivity index (χ3n) is 5.95. The van der Waals surface area contributed by atoms with E-state index in [-0.39, 0.29) is 17.3 Å². The van der Waals surface area contributed by atoms with Crippen LogP contribution in [0.5, 0.6) is 11.5 Å². The number of hydrogen-bond donors (Lipinski definition) is 1. The van der Waals surface area contributed by atoms with Crippen molar-refractivity contribution in [1.82, 2.24) is 0 Å². The van der Waals surface area contributed by atoms with Crippen LogP contribution in [0.25, 0.3) is 5.76 Å². The normalized spacial score (nSPS) is 17.5. The largest absolute Gasteiger partial charge is 0.507 e. The summed E-state index contributed by atoms with van der Waals surface area (Å²) in [6.07, 6.45) is 0. The van der Waals surface area contributed by atoms with Gasteiger partial charge < -0.3 is 19.0 Å². The smallest absolute Gasteiger partial charge is 0.300 e. The molecule has 1 atom stereocenters. The lowest BCUT2D eigenvalue weighted by atomic mass is 9.95. The van der Waals surface area contributed by atoms with E-state index >= 15 is 0 Å². The van der Waals surface area contributed by atoms with Crippen molar-refractivity contribution in [3.8, 4) is 11.5 Å². The first-order valence-electron chi connectivity index (χ1n) is 11.0. The fourth-order valence-electron chi connectivity index (χ4n) is 4.20. The van der Waals surface area contributed by atoms with E-state index in [0.29, 0.717) is 34.3 Å². The van der Waals surface area contributed by atoms with Crippen LogP contribution in [0.3, 0.4) is 0 Å². The van der Waals surface area contributed by atoms with Gasteiger partial charge >= 0.3 is 0 Å². The Morgan fingerprint density at radius 2 is 1.71 bits per heavy atom. The van der Waals surface area contributed by atoms with Crippen LogP contribution in [0, 0.1) is 6.92 Å². The Kier molecular flexibility index (Phi) is 6.20. The van der Waals surface area contributed by atoms with Crippen LogP contribution in [-0.2, 0) is 9.59 Å². The predicted octanol–water partition coefficient (Wildman–Crippen LogP) is 5.35. The van der Waals surface area contributed by atoms with Crippen molar-refractivity contribution in [3.63, 3.8) is 0 Å². The number of aliphatic hydroxyl groups excluding tert-OH is 1. The van der Waals surface area contributed by atoms with Crippen LogP contribution in [0.1, 0.15) is 48.5 Å². The van der Waals surface area contributed by atoms with E-state index in [2.05, 4.69) is 0 Å². The summed E-state index contributed by atoms with van der Waals surface area (Å²) in [5.74, 6) is 0.630. The van der Waals surface area contributed by atoms with Gasteiger partial charge in [0.2, 0.25) is 0 Å². The Bertz CT molecular complexity index is 1270. The highest BCUT2D eigenvalue weighted by Gasteiger charge is 2.48. The molecule has 0 spiro atoms. The molecule has 1 aliphatic heterocycles. The topological polar surface area (TPSA) is 89.2 Å². The molecule has 176 valence electrons. The summed E-state index contributed by atoms with van der Waals surface area (Å²) in [4.78, 5) is 27.8. The molecule has 1 saturated heterocycles. The Balaban J connectivity index is 1.91. The number of Topliss-reactive ketones (excluding diaryl/α,β-unsaturated/α-hetero) is 1. The number of carbonyl (C=O) groups is 2. The van der Waals surface area contributed by atoms with E-state index in [4.69, 9.17) is 13.9 Å². The van der Waals surface area contributed by atoms with Gasteiger partial charge in [-0.15, -0.1) is 0 Å². The molecule has 2 aromatic carbocycles. The third-order valence-corrected chi connectivity index (χ3v) is 5.95. The molecule has 1 amide bonds. The van der Waals surface area contributed by atoms with Crippen LogP contribution in [0.2, 0.25) is 0 Å². The minimum atomic E-state index is -0.924. The lowest BCUT2D eigenvalue weighted by Gasteiger charge is -2.23.